The van der Waals surface area contributed by atoms with Gasteiger partial charge in [0.05, 0.1) is 18.1 Å². The highest BCUT2D eigenvalue weighted by Crippen LogP contribution is 2.23. The quantitative estimate of drug-likeness (QED) is 0.577. The monoisotopic (exact) mass is 385 g/mol. The Labute approximate surface area is 166 Å². The van der Waals surface area contributed by atoms with Gasteiger partial charge in [0.25, 0.3) is 0 Å². The van der Waals surface area contributed by atoms with Crippen LogP contribution in [-0.2, 0) is 11.2 Å². The van der Waals surface area contributed by atoms with Crippen LogP contribution in [0.3, 0.4) is 0 Å². The number of benzene rings is 2. The summed E-state index contributed by atoms with van der Waals surface area (Å²) in [5, 5.41) is 17.4. The van der Waals surface area contributed by atoms with Gasteiger partial charge in [-0.1, -0.05) is 30.3 Å². The Kier molecular flexibility index (Phi) is 4.75. The summed E-state index contributed by atoms with van der Waals surface area (Å²) in [6.45, 7) is 1.97. The summed E-state index contributed by atoms with van der Waals surface area (Å²) in [6, 6.07) is 17.3. The highest BCUT2D eigenvalue weighted by Gasteiger charge is 2.17. The van der Waals surface area contributed by atoms with Crippen LogP contribution in [-0.4, -0.2) is 20.7 Å². The Morgan fingerprint density at radius 2 is 1.97 bits per heavy atom. The lowest BCUT2D eigenvalue weighted by atomic mass is 10.1. The Balaban J connectivity index is 1.68. The lowest BCUT2D eigenvalue weighted by Crippen LogP contribution is -2.18. The maximum atomic E-state index is 13.1. The van der Waals surface area contributed by atoms with Crippen LogP contribution >= 0.6 is 0 Å². The summed E-state index contributed by atoms with van der Waals surface area (Å²) in [5.41, 5.74) is 2.68. The van der Waals surface area contributed by atoms with E-state index in [0.29, 0.717) is 11.4 Å². The molecule has 4 aromatic rings. The minimum absolute atomic E-state index is 0.0422. The largest absolute Gasteiger partial charge is 0.309 e. The molecule has 0 unspecified atom stereocenters. The predicted molar refractivity (Wildman–Crippen MR) is 107 cm³/mol. The Morgan fingerprint density at radius 1 is 1.21 bits per heavy atom. The Morgan fingerprint density at radius 3 is 2.72 bits per heavy atom. The van der Waals surface area contributed by atoms with Gasteiger partial charge in [-0.05, 0) is 42.3 Å². The van der Waals surface area contributed by atoms with Gasteiger partial charge < -0.3 is 5.32 Å². The highest BCUT2D eigenvalue weighted by atomic mass is 19.1. The second-order valence-corrected chi connectivity index (χ2v) is 6.60. The van der Waals surface area contributed by atoms with Crippen LogP contribution in [0.1, 0.15) is 16.7 Å². The molecule has 29 heavy (non-hydrogen) atoms. The number of carbonyl (C=O) groups excluding carboxylic acids is 1. The molecule has 0 spiro atoms. The number of hydrogen-bond donors (Lipinski definition) is 1. The van der Waals surface area contributed by atoms with Crippen molar-refractivity contribution in [2.45, 2.75) is 13.3 Å². The van der Waals surface area contributed by atoms with E-state index < -0.39 is 0 Å². The van der Waals surface area contributed by atoms with Gasteiger partial charge in [-0.2, -0.15) is 15.0 Å². The van der Waals surface area contributed by atoms with E-state index in [1.54, 1.807) is 12.1 Å². The molecule has 0 aliphatic rings. The van der Waals surface area contributed by atoms with Crippen molar-refractivity contribution in [1.29, 1.82) is 5.26 Å². The van der Waals surface area contributed by atoms with Crippen molar-refractivity contribution < 1.29 is 9.18 Å². The molecule has 6 nitrogen and oxygen atoms in total. The van der Waals surface area contributed by atoms with Crippen LogP contribution in [0, 0.1) is 24.1 Å². The number of carbonyl (C=O) groups is 1. The molecule has 2 aromatic heterocycles. The fraction of sp³-hybridized carbons (Fsp3) is 0.0909. The van der Waals surface area contributed by atoms with Crippen LogP contribution < -0.4 is 5.32 Å². The van der Waals surface area contributed by atoms with Gasteiger partial charge in [0.2, 0.25) is 5.91 Å². The molecular formula is C22H16FN5O. The van der Waals surface area contributed by atoms with E-state index in [-0.39, 0.29) is 29.5 Å². The normalized spacial score (nSPS) is 10.7. The number of halogens is 1. The first-order valence-electron chi connectivity index (χ1n) is 8.94. The number of aromatic nitrogens is 3. The number of nitrogens with zero attached hydrogens (tertiary/aromatic N) is 4. The summed E-state index contributed by atoms with van der Waals surface area (Å²) in [6.07, 6.45) is 1.43. The molecular weight excluding hydrogens is 369 g/mol. The Bertz CT molecular complexity index is 1250. The number of rotatable bonds is 4. The van der Waals surface area contributed by atoms with E-state index in [0.717, 1.165) is 16.5 Å². The SMILES string of the molecule is Cc1cc(-n2ncc(C#N)c2NC(=O)Cc2ccc(F)cc2)nc2ccccc12. The smallest absolute Gasteiger partial charge is 0.229 e. The number of hydrogen-bond acceptors (Lipinski definition) is 4. The van der Waals surface area contributed by atoms with Crippen molar-refractivity contribution in [2.75, 3.05) is 5.32 Å². The predicted octanol–water partition coefficient (Wildman–Crippen LogP) is 3.92. The van der Waals surface area contributed by atoms with Gasteiger partial charge in [0, 0.05) is 5.39 Å². The molecule has 0 aliphatic heterocycles. The maximum Gasteiger partial charge on any atom is 0.229 e. The summed E-state index contributed by atoms with van der Waals surface area (Å²) in [4.78, 5) is 17.1. The van der Waals surface area contributed by atoms with Gasteiger partial charge >= 0.3 is 0 Å². The second kappa shape index (κ2) is 7.52. The molecule has 4 rings (SSSR count). The van der Waals surface area contributed by atoms with Gasteiger partial charge in [-0.15, -0.1) is 0 Å². The zero-order valence-electron chi connectivity index (χ0n) is 15.6. The van der Waals surface area contributed by atoms with Gasteiger partial charge in [0.1, 0.15) is 17.4 Å². The standard InChI is InChI=1S/C22H16FN5O/c1-14-10-20(26-19-5-3-2-4-18(14)19)28-22(16(12-24)13-25-28)27-21(29)11-15-6-8-17(23)9-7-15/h2-10,13H,11H2,1H3,(H,27,29). The summed E-state index contributed by atoms with van der Waals surface area (Å²) in [5.74, 6) is 0.0469. The number of nitriles is 1. The van der Waals surface area contributed by atoms with Crippen molar-refractivity contribution >= 4 is 22.6 Å². The number of para-hydroxylation sites is 1. The molecule has 0 saturated heterocycles. The van der Waals surface area contributed by atoms with E-state index in [9.17, 15) is 14.4 Å². The number of anilines is 1. The minimum atomic E-state index is -0.364. The molecule has 142 valence electrons. The van der Waals surface area contributed by atoms with Crippen LogP contribution in [0.5, 0.6) is 0 Å². The molecule has 1 amide bonds. The Hall–Kier alpha value is -4.05. The number of nitrogens with one attached hydrogen (secondary N) is 1. The molecule has 2 heterocycles. The second-order valence-electron chi connectivity index (χ2n) is 6.60. The molecule has 0 aliphatic carbocycles. The topological polar surface area (TPSA) is 83.6 Å². The van der Waals surface area contributed by atoms with Crippen molar-refractivity contribution in [3.8, 4) is 11.9 Å². The summed E-state index contributed by atoms with van der Waals surface area (Å²) < 4.78 is 14.5. The molecule has 0 saturated carbocycles. The van der Waals surface area contributed by atoms with Crippen LogP contribution in [0.25, 0.3) is 16.7 Å². The molecule has 1 N–H and O–H groups in total. The van der Waals surface area contributed by atoms with Crippen molar-refractivity contribution in [3.05, 3.63) is 83.3 Å². The molecule has 2 aromatic carbocycles. The lowest BCUT2D eigenvalue weighted by molar-refractivity contribution is -0.115. The fourth-order valence-electron chi connectivity index (χ4n) is 3.13. The van der Waals surface area contributed by atoms with Crippen molar-refractivity contribution in [2.24, 2.45) is 0 Å². The average molecular weight is 385 g/mol. The van der Waals surface area contributed by atoms with Gasteiger partial charge in [0.15, 0.2) is 11.6 Å². The van der Waals surface area contributed by atoms with E-state index >= 15 is 0 Å². The summed E-state index contributed by atoms with van der Waals surface area (Å²) >= 11 is 0. The number of fused-ring (bicyclic) bond motifs is 1. The van der Waals surface area contributed by atoms with Crippen LogP contribution in [0.2, 0.25) is 0 Å². The number of aryl methyl sites for hydroxylation is 1. The van der Waals surface area contributed by atoms with Crippen molar-refractivity contribution in [3.63, 3.8) is 0 Å². The highest BCUT2D eigenvalue weighted by molar-refractivity contribution is 5.93. The fourth-order valence-corrected chi connectivity index (χ4v) is 3.13. The molecule has 0 radical (unpaired) electrons. The average Bonchev–Trinajstić information content (AvgIpc) is 3.12. The first-order valence-corrected chi connectivity index (χ1v) is 8.94. The molecule has 0 atom stereocenters. The zero-order valence-corrected chi connectivity index (χ0v) is 15.6. The number of pyridine rings is 1. The molecule has 0 fully saturated rings. The first-order chi connectivity index (χ1) is 14.0. The third-order valence-corrected chi connectivity index (χ3v) is 4.55. The van der Waals surface area contributed by atoms with E-state index in [1.165, 1.54) is 23.0 Å². The van der Waals surface area contributed by atoms with E-state index in [1.807, 2.05) is 43.3 Å². The minimum Gasteiger partial charge on any atom is -0.309 e. The van der Waals surface area contributed by atoms with Crippen LogP contribution in [0.15, 0.2) is 60.8 Å². The third-order valence-electron chi connectivity index (χ3n) is 4.55. The zero-order chi connectivity index (χ0) is 20.4. The summed E-state index contributed by atoms with van der Waals surface area (Å²) in [7, 11) is 0. The lowest BCUT2D eigenvalue weighted by Gasteiger charge is -2.11. The number of amides is 1. The van der Waals surface area contributed by atoms with E-state index in [2.05, 4.69) is 15.4 Å². The molecule has 7 heteroatoms. The third kappa shape index (κ3) is 3.69. The van der Waals surface area contributed by atoms with E-state index in [4.69, 9.17) is 0 Å². The van der Waals surface area contributed by atoms with Crippen molar-refractivity contribution in [1.82, 2.24) is 14.8 Å². The van der Waals surface area contributed by atoms with Gasteiger partial charge in [-0.25, -0.2) is 9.37 Å². The van der Waals surface area contributed by atoms with Gasteiger partial charge in [-0.3, -0.25) is 4.79 Å². The molecule has 0 bridgehead atoms. The van der Waals surface area contributed by atoms with Crippen LogP contribution in [0.4, 0.5) is 10.2 Å². The maximum absolute atomic E-state index is 13.1. The first kappa shape index (κ1) is 18.3.